The summed E-state index contributed by atoms with van der Waals surface area (Å²) in [4.78, 5) is 4.54. The summed E-state index contributed by atoms with van der Waals surface area (Å²) >= 11 is 0. The van der Waals surface area contributed by atoms with E-state index in [-0.39, 0.29) is 79.0 Å². The number of aliphatic imine (C=N–C) groups is 1. The number of benzene rings is 3. The van der Waals surface area contributed by atoms with Crippen molar-refractivity contribution in [2.45, 2.75) is 68.4 Å². The van der Waals surface area contributed by atoms with E-state index in [1.54, 1.807) is 18.2 Å². The monoisotopic (exact) mass is 671 g/mol. The van der Waals surface area contributed by atoms with Gasteiger partial charge in [0, 0.05) is 18.6 Å². The molecule has 246 valence electrons. The molecule has 1 aliphatic carbocycles. The number of hydrogen-bond acceptors (Lipinski definition) is 8. The number of nitrogens with two attached hydrogens (primary N) is 2. The van der Waals surface area contributed by atoms with Crippen LogP contribution in [0.3, 0.4) is 0 Å². The Morgan fingerprint density at radius 3 is 2.47 bits per heavy atom. The van der Waals surface area contributed by atoms with Crippen LogP contribution in [0.5, 0.6) is 11.5 Å². The van der Waals surface area contributed by atoms with Crippen molar-refractivity contribution in [3.63, 3.8) is 0 Å². The third-order valence-electron chi connectivity index (χ3n) is 9.33. The molecule has 6 unspecified atom stereocenters. The zero-order valence-electron chi connectivity index (χ0n) is 26.8. The molecule has 4 aliphatic rings. The van der Waals surface area contributed by atoms with Gasteiger partial charge in [-0.15, -0.1) is 0 Å². The summed E-state index contributed by atoms with van der Waals surface area (Å²) in [5, 5.41) is 29.0. The number of phenols is 1. The number of aliphatic hydroxyl groups is 2. The summed E-state index contributed by atoms with van der Waals surface area (Å²) in [5.74, 6) is -0.417. The van der Waals surface area contributed by atoms with Crippen LogP contribution >= 0.6 is 0 Å². The van der Waals surface area contributed by atoms with Gasteiger partial charge in [0.25, 0.3) is 0 Å². The van der Waals surface area contributed by atoms with E-state index in [2.05, 4.69) is 11.9 Å². The molecule has 47 heavy (non-hydrogen) atoms. The fourth-order valence-corrected chi connectivity index (χ4v) is 7.94. The molecule has 3 aromatic carbocycles. The number of nitrogens with zero attached hydrogens (tertiary/aromatic N) is 1. The molecule has 3 heterocycles. The third-order valence-corrected chi connectivity index (χ3v) is 10.6. The van der Waals surface area contributed by atoms with Crippen LogP contribution in [0.25, 0.3) is 0 Å². The molecule has 0 fully saturated rings. The molecule has 12 heteroatoms. The van der Waals surface area contributed by atoms with Gasteiger partial charge in [-0.3, -0.25) is 0 Å². The van der Waals surface area contributed by atoms with E-state index in [0.717, 1.165) is 29.5 Å². The first kappa shape index (κ1) is 36.9. The number of aliphatic hydroxyl groups excluding tert-OH is 2. The molecule has 0 spiro atoms. The third kappa shape index (κ3) is 8.77. The summed E-state index contributed by atoms with van der Waals surface area (Å²) in [5.41, 5.74) is 14.4. The number of phenolic OH excluding ortho intramolecular Hbond substituents is 1. The van der Waals surface area contributed by atoms with Gasteiger partial charge in [-0.05, 0) is 96.4 Å². The Morgan fingerprint density at radius 2 is 1.83 bits per heavy atom. The van der Waals surface area contributed by atoms with Gasteiger partial charge in [0.05, 0.1) is 21.5 Å². The van der Waals surface area contributed by atoms with E-state index in [0.29, 0.717) is 23.3 Å². The number of fused-ring (bicyclic) bond motifs is 2. The number of allylic oxidation sites excluding steroid dienone is 1. The van der Waals surface area contributed by atoms with E-state index in [9.17, 15) is 28.3 Å². The van der Waals surface area contributed by atoms with Gasteiger partial charge in [0.2, 0.25) is 5.72 Å². The first-order valence-corrected chi connectivity index (χ1v) is 17.1. The Bertz CT molecular complexity index is 1680. The van der Waals surface area contributed by atoms with Crippen LogP contribution in [0.1, 0.15) is 72.4 Å². The predicted molar refractivity (Wildman–Crippen MR) is 175 cm³/mol. The van der Waals surface area contributed by atoms with Crippen molar-refractivity contribution in [1.82, 2.24) is 0 Å². The molecule has 0 saturated heterocycles. The second kappa shape index (κ2) is 15.5. The normalized spacial score (nSPS) is 24.9. The molecular weight excluding hydrogens is 629 g/mol. The van der Waals surface area contributed by atoms with Gasteiger partial charge >= 0.3 is 29.6 Å². The van der Waals surface area contributed by atoms with Crippen LogP contribution in [-0.2, 0) is 28.7 Å². The number of hydrogen-bond donors (Lipinski definition) is 5. The Balaban J connectivity index is 0.00000500. The van der Waals surface area contributed by atoms with Gasteiger partial charge in [-0.2, -0.15) is 0 Å². The first-order chi connectivity index (χ1) is 21.9. The minimum absolute atomic E-state index is 0. The van der Waals surface area contributed by atoms with Crippen LogP contribution in [0.15, 0.2) is 83.9 Å². The van der Waals surface area contributed by atoms with Gasteiger partial charge in [0.15, 0.2) is 5.96 Å². The molecule has 3 aromatic rings. The van der Waals surface area contributed by atoms with Gasteiger partial charge < -0.3 is 36.1 Å². The quantitative estimate of drug-likeness (QED) is 0.0768. The Hall–Kier alpha value is -2.90. The molecule has 7 N–H and O–H groups in total. The number of guanidine groups is 1. The van der Waals surface area contributed by atoms with Crippen LogP contribution in [0, 0.1) is 11.8 Å². The Kier molecular flexibility index (Phi) is 12.2. The minimum atomic E-state index is -4.78. The average Bonchev–Trinajstić information content (AvgIpc) is 3.01. The molecule has 10 nitrogen and oxygen atoms in total. The van der Waals surface area contributed by atoms with Crippen molar-refractivity contribution in [3.05, 3.63) is 107 Å². The summed E-state index contributed by atoms with van der Waals surface area (Å²) in [6, 6.07) is 19.0. The van der Waals surface area contributed by atoms with Crippen molar-refractivity contribution >= 4 is 16.1 Å². The maximum Gasteiger partial charge on any atom is 1.00 e. The van der Waals surface area contributed by atoms with Crippen LogP contribution < -0.4 is 45.8 Å². The van der Waals surface area contributed by atoms with E-state index in [1.165, 1.54) is 18.2 Å². The van der Waals surface area contributed by atoms with Gasteiger partial charge in [-0.1, -0.05) is 61.5 Å². The van der Waals surface area contributed by atoms with Crippen molar-refractivity contribution < 1.29 is 62.6 Å². The smallest absolute Gasteiger partial charge is 0.748 e. The maximum absolute atomic E-state index is 13.1. The number of rotatable bonds is 8. The largest absolute Gasteiger partial charge is 1.00 e. The van der Waals surface area contributed by atoms with E-state index >= 15 is 0 Å². The van der Waals surface area contributed by atoms with E-state index in [4.69, 9.17) is 16.2 Å². The molecule has 0 aromatic heterocycles. The van der Waals surface area contributed by atoms with Crippen LogP contribution in [-0.4, -0.2) is 46.1 Å². The number of ether oxygens (including phenoxy) is 1. The SMILES string of the molecule is CC1CCc2cc3ccc2C1CC(S(=O)(=O)[O-])C(C=CC(O)c1ccc(O)cc1)Cc1ccc(cc1)C(CCCO)(N=C(N)N)O3.[Na+]. The first-order valence-electron chi connectivity index (χ1n) is 15.6. The zero-order valence-corrected chi connectivity index (χ0v) is 29.6. The number of aryl methyl sites for hydroxylation is 1. The molecule has 0 radical (unpaired) electrons. The predicted octanol–water partition coefficient (Wildman–Crippen LogP) is 1.11. The molecule has 6 atom stereocenters. The van der Waals surface area contributed by atoms with E-state index in [1.807, 2.05) is 42.5 Å². The zero-order chi connectivity index (χ0) is 33.1. The molecule has 3 aliphatic heterocycles. The molecule has 0 saturated carbocycles. The van der Waals surface area contributed by atoms with Gasteiger partial charge in [0.1, 0.15) is 11.5 Å². The van der Waals surface area contributed by atoms with Crippen LogP contribution in [0.2, 0.25) is 0 Å². The second-order valence-corrected chi connectivity index (χ2v) is 14.1. The summed E-state index contributed by atoms with van der Waals surface area (Å²) in [6.45, 7) is 1.99. The van der Waals surface area contributed by atoms with Crippen molar-refractivity contribution in [3.8, 4) is 11.5 Å². The van der Waals surface area contributed by atoms with Crippen LogP contribution in [0.4, 0.5) is 0 Å². The Morgan fingerprint density at radius 1 is 1.13 bits per heavy atom. The topological polar surface area (TPSA) is 192 Å². The average molecular weight is 672 g/mol. The maximum atomic E-state index is 13.1. The standard InChI is InChI=1S/C35H43N3O7S.Na/c1-22-3-6-25-20-29-14-15-30(25)31(22)21-33(46(42,43)44)26(9-16-32(41)24-7-12-28(40)13-8-24)19-23-4-10-27(11-5-23)35(45-29,17-2-18-39)38-34(36)37;/h4-5,7-16,20,22,26,31-33,39-41H,2-3,6,17-19,21H2,1H3,(H4,36,37,38)(H,42,43,44);/q;+1/p-1. The molecular formula is C35H42N3NaO7S. The second-order valence-electron chi connectivity index (χ2n) is 12.5. The van der Waals surface area contributed by atoms with E-state index < -0.39 is 33.1 Å². The fourth-order valence-electron chi connectivity index (χ4n) is 6.88. The number of aromatic hydroxyl groups is 1. The Labute approximate surface area is 298 Å². The molecule has 7 rings (SSSR count). The minimum Gasteiger partial charge on any atom is -0.748 e. The molecule has 6 bridgehead atoms. The summed E-state index contributed by atoms with van der Waals surface area (Å²) in [7, 11) is -4.78. The molecule has 0 amide bonds. The van der Waals surface area contributed by atoms with Gasteiger partial charge in [-0.25, -0.2) is 13.4 Å². The van der Waals surface area contributed by atoms with Crippen molar-refractivity contribution in [2.75, 3.05) is 6.61 Å². The summed E-state index contributed by atoms with van der Waals surface area (Å²) < 4.78 is 45.8. The van der Waals surface area contributed by atoms with Crippen molar-refractivity contribution in [2.24, 2.45) is 28.3 Å². The fraction of sp³-hybridized carbons (Fsp3) is 0.400. The summed E-state index contributed by atoms with van der Waals surface area (Å²) in [6.07, 6.45) is 4.60. The van der Waals surface area contributed by atoms with Crippen molar-refractivity contribution in [1.29, 1.82) is 0 Å².